The summed E-state index contributed by atoms with van der Waals surface area (Å²) in [5.74, 6) is -2.52. The molecule has 16 heavy (non-hydrogen) atoms. The summed E-state index contributed by atoms with van der Waals surface area (Å²) >= 11 is 0. The number of carbonyl (C=O) groups excluding carboxylic acids is 1. The zero-order chi connectivity index (χ0) is 12.7. The summed E-state index contributed by atoms with van der Waals surface area (Å²) in [6.07, 6.45) is -4.84. The van der Waals surface area contributed by atoms with Crippen molar-refractivity contribution in [3.63, 3.8) is 0 Å². The van der Waals surface area contributed by atoms with Crippen molar-refractivity contribution in [1.82, 2.24) is 4.90 Å². The number of hydrogen-bond donors (Lipinski definition) is 1. The number of ether oxygens (including phenoxy) is 1. The van der Waals surface area contributed by atoms with Crippen LogP contribution >= 0.6 is 0 Å². The number of nitrogens with zero attached hydrogens (tertiary/aromatic N) is 1. The Labute approximate surface area is 88.8 Å². The third kappa shape index (κ3) is 1.73. The van der Waals surface area contributed by atoms with Gasteiger partial charge >= 0.3 is 12.1 Å². The largest absolute Gasteiger partial charge is 0.480 e. The van der Waals surface area contributed by atoms with E-state index < -0.39 is 36.4 Å². The van der Waals surface area contributed by atoms with Gasteiger partial charge in [0.15, 0.2) is 6.04 Å². The third-order valence-electron chi connectivity index (χ3n) is 2.44. The molecule has 1 aliphatic rings. The van der Waals surface area contributed by atoms with Crippen LogP contribution in [0, 0.1) is 0 Å². The number of alkyl halides is 3. The fourth-order valence-corrected chi connectivity index (χ4v) is 1.60. The normalized spacial score (nSPS) is 30.6. The molecular formula is C8H10F3NO4. The van der Waals surface area contributed by atoms with Crippen molar-refractivity contribution >= 4 is 11.9 Å². The van der Waals surface area contributed by atoms with Crippen LogP contribution < -0.4 is 0 Å². The smallest absolute Gasteiger partial charge is 0.436 e. The highest BCUT2D eigenvalue weighted by Gasteiger charge is 2.64. The molecule has 1 amide bonds. The van der Waals surface area contributed by atoms with E-state index in [4.69, 9.17) is 5.11 Å². The molecule has 1 rings (SSSR count). The van der Waals surface area contributed by atoms with E-state index in [0.29, 0.717) is 6.92 Å². The van der Waals surface area contributed by atoms with Gasteiger partial charge in [-0.2, -0.15) is 13.2 Å². The minimum Gasteiger partial charge on any atom is -0.480 e. The monoisotopic (exact) mass is 241 g/mol. The molecule has 1 aliphatic heterocycles. The lowest BCUT2D eigenvalue weighted by Gasteiger charge is -2.35. The van der Waals surface area contributed by atoms with Gasteiger partial charge < -0.3 is 9.84 Å². The van der Waals surface area contributed by atoms with Crippen LogP contribution in [0.5, 0.6) is 0 Å². The molecule has 0 spiro atoms. The maximum atomic E-state index is 12.7. The van der Waals surface area contributed by atoms with Crippen molar-refractivity contribution in [2.75, 3.05) is 6.61 Å². The number of carboxylic acid groups (broad SMARTS) is 1. The highest BCUT2D eigenvalue weighted by Crippen LogP contribution is 2.41. The Bertz CT molecular complexity index is 330. The van der Waals surface area contributed by atoms with E-state index in [9.17, 15) is 22.8 Å². The van der Waals surface area contributed by atoms with Crippen LogP contribution in [0.25, 0.3) is 0 Å². The molecule has 92 valence electrons. The molecule has 0 aromatic heterocycles. The molecule has 1 saturated heterocycles. The average molecular weight is 241 g/mol. The van der Waals surface area contributed by atoms with Crippen molar-refractivity contribution in [1.29, 1.82) is 0 Å². The molecule has 2 unspecified atom stereocenters. The summed E-state index contributed by atoms with van der Waals surface area (Å²) in [6.45, 7) is 0.830. The van der Waals surface area contributed by atoms with Gasteiger partial charge in [-0.05, 0) is 6.92 Å². The molecule has 5 nitrogen and oxygen atoms in total. The number of carbonyl (C=O) groups is 2. The first-order valence-corrected chi connectivity index (χ1v) is 4.34. The van der Waals surface area contributed by atoms with E-state index >= 15 is 0 Å². The van der Waals surface area contributed by atoms with Gasteiger partial charge in [0.25, 0.3) is 0 Å². The van der Waals surface area contributed by atoms with Crippen molar-refractivity contribution < 1.29 is 32.6 Å². The van der Waals surface area contributed by atoms with Crippen LogP contribution in [0.15, 0.2) is 0 Å². The second-order valence-corrected chi connectivity index (χ2v) is 3.53. The summed E-state index contributed by atoms with van der Waals surface area (Å²) < 4.78 is 42.5. The number of aliphatic carboxylic acids is 1. The van der Waals surface area contributed by atoms with E-state index in [1.165, 1.54) is 0 Å². The van der Waals surface area contributed by atoms with Crippen LogP contribution in [-0.4, -0.2) is 46.4 Å². The van der Waals surface area contributed by atoms with Gasteiger partial charge in [0.05, 0.1) is 6.61 Å². The number of amides is 1. The number of rotatable bonds is 1. The average Bonchev–Trinajstić information content (AvgIpc) is 2.42. The highest BCUT2D eigenvalue weighted by molar-refractivity contribution is 5.83. The summed E-state index contributed by atoms with van der Waals surface area (Å²) in [5.41, 5.74) is -2.87. The second kappa shape index (κ2) is 3.62. The lowest BCUT2D eigenvalue weighted by atomic mass is 10.1. The van der Waals surface area contributed by atoms with Gasteiger partial charge in [0, 0.05) is 6.92 Å². The van der Waals surface area contributed by atoms with Crippen LogP contribution in [0.3, 0.4) is 0 Å². The van der Waals surface area contributed by atoms with E-state index in [2.05, 4.69) is 4.74 Å². The molecule has 0 bridgehead atoms. The zero-order valence-electron chi connectivity index (χ0n) is 8.54. The molecule has 8 heteroatoms. The summed E-state index contributed by atoms with van der Waals surface area (Å²) in [4.78, 5) is 22.0. The lowest BCUT2D eigenvalue weighted by molar-refractivity contribution is -0.292. The number of carboxylic acids is 1. The summed E-state index contributed by atoms with van der Waals surface area (Å²) in [6, 6.07) is -1.61. The molecule has 0 aromatic rings. The van der Waals surface area contributed by atoms with Gasteiger partial charge in [-0.1, -0.05) is 0 Å². The van der Waals surface area contributed by atoms with Gasteiger partial charge in [0.2, 0.25) is 11.6 Å². The van der Waals surface area contributed by atoms with Gasteiger partial charge in [-0.3, -0.25) is 9.69 Å². The summed E-state index contributed by atoms with van der Waals surface area (Å²) in [7, 11) is 0. The number of halogens is 3. The van der Waals surface area contributed by atoms with Crippen LogP contribution in [0.4, 0.5) is 13.2 Å². The second-order valence-electron chi connectivity index (χ2n) is 3.53. The fraction of sp³-hybridized carbons (Fsp3) is 0.750. The molecule has 0 aromatic carbocycles. The Morgan fingerprint density at radius 2 is 2.00 bits per heavy atom. The Hall–Kier alpha value is -1.31. The Morgan fingerprint density at radius 3 is 2.31 bits per heavy atom. The Balaban J connectivity index is 3.15. The zero-order valence-corrected chi connectivity index (χ0v) is 8.54. The molecule has 1 heterocycles. The minimum absolute atomic E-state index is 0.204. The molecule has 0 aliphatic carbocycles. The predicted molar refractivity (Wildman–Crippen MR) is 44.4 cm³/mol. The third-order valence-corrected chi connectivity index (χ3v) is 2.44. The first-order valence-electron chi connectivity index (χ1n) is 4.34. The van der Waals surface area contributed by atoms with E-state index in [0.717, 1.165) is 6.92 Å². The first-order chi connectivity index (χ1) is 7.11. The van der Waals surface area contributed by atoms with Crippen molar-refractivity contribution in [2.24, 2.45) is 0 Å². The number of hydrogen-bond acceptors (Lipinski definition) is 3. The maximum Gasteiger partial charge on any atom is 0.436 e. The molecule has 1 fully saturated rings. The van der Waals surface area contributed by atoms with E-state index in [-0.39, 0.29) is 4.90 Å². The Morgan fingerprint density at radius 1 is 1.50 bits per heavy atom. The topological polar surface area (TPSA) is 66.8 Å². The van der Waals surface area contributed by atoms with Crippen molar-refractivity contribution in [3.8, 4) is 0 Å². The fourth-order valence-electron chi connectivity index (χ4n) is 1.60. The summed E-state index contributed by atoms with van der Waals surface area (Å²) in [5, 5.41) is 8.69. The molecule has 2 atom stereocenters. The maximum absolute atomic E-state index is 12.7. The van der Waals surface area contributed by atoms with Crippen LogP contribution in [-0.2, 0) is 14.3 Å². The highest BCUT2D eigenvalue weighted by atomic mass is 19.4. The quantitative estimate of drug-likeness (QED) is 0.729. The van der Waals surface area contributed by atoms with Crippen molar-refractivity contribution in [2.45, 2.75) is 31.8 Å². The van der Waals surface area contributed by atoms with Crippen molar-refractivity contribution in [3.05, 3.63) is 0 Å². The standard InChI is InChI=1S/C8H10F3NO4/c1-4(13)12-5(6(14)15)3-16-7(12,2)8(9,10)11/h5H,3H2,1-2H3,(H,14,15). The lowest BCUT2D eigenvalue weighted by Crippen LogP contribution is -2.58. The van der Waals surface area contributed by atoms with Gasteiger partial charge in [-0.15, -0.1) is 0 Å². The molecule has 0 saturated carbocycles. The minimum atomic E-state index is -4.84. The van der Waals surface area contributed by atoms with Crippen LogP contribution in [0.1, 0.15) is 13.8 Å². The Kier molecular flexibility index (Phi) is 2.88. The van der Waals surface area contributed by atoms with E-state index in [1.807, 2.05) is 0 Å². The predicted octanol–water partition coefficient (Wildman–Crippen LogP) is 0.597. The SMILES string of the molecule is CC(=O)N1C(C(=O)O)COC1(C)C(F)(F)F. The molecular weight excluding hydrogens is 231 g/mol. The molecule has 1 N–H and O–H groups in total. The first kappa shape index (κ1) is 12.8. The van der Waals surface area contributed by atoms with E-state index in [1.54, 1.807) is 0 Å². The van der Waals surface area contributed by atoms with Crippen LogP contribution in [0.2, 0.25) is 0 Å². The van der Waals surface area contributed by atoms with Gasteiger partial charge in [0.1, 0.15) is 0 Å². The molecule has 0 radical (unpaired) electrons. The van der Waals surface area contributed by atoms with Gasteiger partial charge in [-0.25, -0.2) is 4.79 Å².